The molecule has 3 aromatic rings. The van der Waals surface area contributed by atoms with Crippen molar-refractivity contribution in [2.24, 2.45) is 0 Å². The number of rotatable bonds is 25. The molecular weight excluding hydrogens is 600 g/mol. The largest absolute Gasteiger partial charge is 0.494 e. The SMILES string of the molecule is C=CCC(=O)OCCCCCCCCCCCOc1ccc(-c2ccc(Oc3ccc(C(=O)O[C@@H](C)CCCCCC)cc3)cc2)cc1. The summed E-state index contributed by atoms with van der Waals surface area (Å²) in [5, 5.41) is 0. The van der Waals surface area contributed by atoms with E-state index in [1.165, 1.54) is 57.8 Å². The molecule has 0 aliphatic carbocycles. The van der Waals surface area contributed by atoms with Crippen LogP contribution in [0.1, 0.15) is 121 Å². The first-order valence-corrected chi connectivity index (χ1v) is 18.1. The highest BCUT2D eigenvalue weighted by atomic mass is 16.5. The number of hydrogen-bond donors (Lipinski definition) is 0. The van der Waals surface area contributed by atoms with Gasteiger partial charge in [0.2, 0.25) is 0 Å². The van der Waals surface area contributed by atoms with Crippen LogP contribution in [0.25, 0.3) is 11.1 Å². The van der Waals surface area contributed by atoms with E-state index >= 15 is 0 Å². The van der Waals surface area contributed by atoms with Crippen molar-refractivity contribution in [1.82, 2.24) is 0 Å². The highest BCUT2D eigenvalue weighted by Gasteiger charge is 2.12. The highest BCUT2D eigenvalue weighted by molar-refractivity contribution is 5.89. The highest BCUT2D eigenvalue weighted by Crippen LogP contribution is 2.28. The van der Waals surface area contributed by atoms with Gasteiger partial charge in [-0.05, 0) is 92.3 Å². The average Bonchev–Trinajstić information content (AvgIpc) is 3.10. The van der Waals surface area contributed by atoms with E-state index in [1.807, 2.05) is 43.3 Å². The first-order valence-electron chi connectivity index (χ1n) is 18.1. The second kappa shape index (κ2) is 23.3. The zero-order chi connectivity index (χ0) is 34.2. The summed E-state index contributed by atoms with van der Waals surface area (Å²) in [6.45, 7) is 8.95. The topological polar surface area (TPSA) is 71.1 Å². The number of unbranched alkanes of at least 4 members (excludes halogenated alkanes) is 11. The second-order valence-electron chi connectivity index (χ2n) is 12.5. The Bertz CT molecular complexity index is 1310. The fourth-order valence-electron chi connectivity index (χ4n) is 5.42. The molecule has 0 N–H and O–H groups in total. The molecule has 3 rings (SSSR count). The van der Waals surface area contributed by atoms with Crippen LogP contribution in [-0.2, 0) is 14.3 Å². The van der Waals surface area contributed by atoms with Crippen molar-refractivity contribution < 1.29 is 28.5 Å². The van der Waals surface area contributed by atoms with Crippen molar-refractivity contribution >= 4 is 11.9 Å². The Balaban J connectivity index is 1.27. The maximum absolute atomic E-state index is 12.5. The first kappa shape index (κ1) is 38.4. The van der Waals surface area contributed by atoms with Gasteiger partial charge in [0.05, 0.1) is 31.3 Å². The molecule has 3 aromatic carbocycles. The average molecular weight is 657 g/mol. The lowest BCUT2D eigenvalue weighted by Crippen LogP contribution is -2.15. The van der Waals surface area contributed by atoms with E-state index in [0.29, 0.717) is 24.3 Å². The second-order valence-corrected chi connectivity index (χ2v) is 12.5. The lowest BCUT2D eigenvalue weighted by molar-refractivity contribution is -0.142. The molecule has 48 heavy (non-hydrogen) atoms. The van der Waals surface area contributed by atoms with Gasteiger partial charge >= 0.3 is 11.9 Å². The third-order valence-electron chi connectivity index (χ3n) is 8.27. The van der Waals surface area contributed by atoms with E-state index in [1.54, 1.807) is 30.3 Å². The van der Waals surface area contributed by atoms with Crippen molar-refractivity contribution in [2.75, 3.05) is 13.2 Å². The van der Waals surface area contributed by atoms with Crippen molar-refractivity contribution in [1.29, 1.82) is 0 Å². The van der Waals surface area contributed by atoms with Gasteiger partial charge in [-0.2, -0.15) is 0 Å². The molecule has 0 saturated carbocycles. The molecule has 1 atom stereocenters. The van der Waals surface area contributed by atoms with E-state index in [4.69, 9.17) is 18.9 Å². The molecule has 0 spiro atoms. The van der Waals surface area contributed by atoms with Crippen LogP contribution < -0.4 is 9.47 Å². The molecule has 0 aromatic heterocycles. The quantitative estimate of drug-likeness (QED) is 0.0513. The Morgan fingerprint density at radius 1 is 0.646 bits per heavy atom. The van der Waals surface area contributed by atoms with Gasteiger partial charge in [-0.1, -0.05) is 101 Å². The van der Waals surface area contributed by atoms with Gasteiger partial charge in [-0.25, -0.2) is 4.79 Å². The van der Waals surface area contributed by atoms with E-state index in [2.05, 4.69) is 25.6 Å². The summed E-state index contributed by atoms with van der Waals surface area (Å²) in [5.74, 6) is 1.82. The van der Waals surface area contributed by atoms with E-state index in [-0.39, 0.29) is 18.0 Å². The fraction of sp³-hybridized carbons (Fsp3) is 0.476. The normalized spacial score (nSPS) is 11.5. The zero-order valence-corrected chi connectivity index (χ0v) is 29.3. The first-order chi connectivity index (χ1) is 23.5. The molecule has 0 amide bonds. The standard InChI is InChI=1S/C42H56O6/c1-4-6-7-15-19-34(3)47-42(44)37-24-30-40(31-25-37)48-39-28-22-36(23-29-39)35-20-26-38(27-21-35)45-32-16-13-11-9-8-10-12-14-17-33-46-41(43)18-5-2/h5,20-31,34H,2,4,6-19,32-33H2,1,3H3/t34-/m0/s1. The molecule has 260 valence electrons. The zero-order valence-electron chi connectivity index (χ0n) is 29.3. The lowest BCUT2D eigenvalue weighted by atomic mass is 10.1. The predicted molar refractivity (Wildman–Crippen MR) is 195 cm³/mol. The van der Waals surface area contributed by atoms with Crippen LogP contribution in [-0.4, -0.2) is 31.3 Å². The molecule has 0 aliphatic rings. The molecule has 6 nitrogen and oxygen atoms in total. The van der Waals surface area contributed by atoms with Gasteiger partial charge in [0.1, 0.15) is 17.2 Å². The molecule has 0 unspecified atom stereocenters. The number of carbonyl (C=O) groups is 2. The lowest BCUT2D eigenvalue weighted by Gasteiger charge is -2.13. The van der Waals surface area contributed by atoms with Crippen molar-refractivity contribution in [3.05, 3.63) is 91.0 Å². The molecule has 0 radical (unpaired) electrons. The third-order valence-corrected chi connectivity index (χ3v) is 8.27. The Kier molecular flexibility index (Phi) is 18.6. The summed E-state index contributed by atoms with van der Waals surface area (Å²) in [5.41, 5.74) is 2.75. The summed E-state index contributed by atoms with van der Waals surface area (Å²) in [7, 11) is 0. The van der Waals surface area contributed by atoms with Gasteiger partial charge in [0.25, 0.3) is 0 Å². The Morgan fingerprint density at radius 3 is 1.71 bits per heavy atom. The van der Waals surface area contributed by atoms with Gasteiger partial charge < -0.3 is 18.9 Å². The molecule has 6 heteroatoms. The molecule has 0 bridgehead atoms. The maximum Gasteiger partial charge on any atom is 0.338 e. The molecule has 0 aliphatic heterocycles. The van der Waals surface area contributed by atoms with Gasteiger partial charge in [-0.15, -0.1) is 6.58 Å². The van der Waals surface area contributed by atoms with E-state index in [9.17, 15) is 9.59 Å². The van der Waals surface area contributed by atoms with Crippen LogP contribution in [0.2, 0.25) is 0 Å². The van der Waals surface area contributed by atoms with E-state index < -0.39 is 0 Å². The maximum atomic E-state index is 12.5. The number of carbonyl (C=O) groups excluding carboxylic acids is 2. The summed E-state index contributed by atoms with van der Waals surface area (Å²) in [6, 6.07) is 23.3. The summed E-state index contributed by atoms with van der Waals surface area (Å²) < 4.78 is 22.7. The predicted octanol–water partition coefficient (Wildman–Crippen LogP) is 11.7. The Labute approximate surface area is 288 Å². The van der Waals surface area contributed by atoms with Crippen LogP contribution in [0.4, 0.5) is 0 Å². The van der Waals surface area contributed by atoms with Crippen LogP contribution in [0.5, 0.6) is 17.2 Å². The Morgan fingerprint density at radius 2 is 1.15 bits per heavy atom. The van der Waals surface area contributed by atoms with Gasteiger partial charge in [-0.3, -0.25) is 4.79 Å². The third kappa shape index (κ3) is 15.7. The monoisotopic (exact) mass is 656 g/mol. The van der Waals surface area contributed by atoms with Crippen LogP contribution >= 0.6 is 0 Å². The smallest absolute Gasteiger partial charge is 0.338 e. The molecule has 0 fully saturated rings. The van der Waals surface area contributed by atoms with Crippen LogP contribution in [0.15, 0.2) is 85.5 Å². The molecular formula is C42H56O6. The fourth-order valence-corrected chi connectivity index (χ4v) is 5.42. The summed E-state index contributed by atoms with van der Waals surface area (Å²) in [4.78, 5) is 23.8. The van der Waals surface area contributed by atoms with E-state index in [0.717, 1.165) is 61.3 Å². The number of esters is 2. The summed E-state index contributed by atoms with van der Waals surface area (Å²) >= 11 is 0. The van der Waals surface area contributed by atoms with Gasteiger partial charge in [0, 0.05) is 0 Å². The number of hydrogen-bond acceptors (Lipinski definition) is 6. The molecule has 0 saturated heterocycles. The van der Waals surface area contributed by atoms with Crippen molar-refractivity contribution in [2.45, 2.75) is 116 Å². The van der Waals surface area contributed by atoms with Crippen molar-refractivity contribution in [3.63, 3.8) is 0 Å². The number of ether oxygens (including phenoxy) is 4. The molecule has 0 heterocycles. The van der Waals surface area contributed by atoms with Crippen LogP contribution in [0.3, 0.4) is 0 Å². The van der Waals surface area contributed by atoms with Crippen LogP contribution in [0, 0.1) is 0 Å². The Hall–Kier alpha value is -4.06. The van der Waals surface area contributed by atoms with Gasteiger partial charge in [0.15, 0.2) is 0 Å². The summed E-state index contributed by atoms with van der Waals surface area (Å²) in [6.07, 6.45) is 17.9. The van der Waals surface area contributed by atoms with Crippen molar-refractivity contribution in [3.8, 4) is 28.4 Å². The minimum Gasteiger partial charge on any atom is -0.494 e. The number of benzene rings is 3. The minimum atomic E-state index is -0.293. The minimum absolute atomic E-state index is 0.0827.